The van der Waals surface area contributed by atoms with Crippen molar-refractivity contribution in [1.82, 2.24) is 5.32 Å². The monoisotopic (exact) mass is 242 g/mol. The lowest BCUT2D eigenvalue weighted by molar-refractivity contribution is -0.143. The molecule has 1 fully saturated rings. The summed E-state index contributed by atoms with van der Waals surface area (Å²) in [6.07, 6.45) is 4.34. The summed E-state index contributed by atoms with van der Waals surface area (Å²) in [5.74, 6) is -1.02. The molecule has 1 rings (SSSR count). The lowest BCUT2D eigenvalue weighted by Gasteiger charge is -2.30. The smallest absolute Gasteiger partial charge is 0.326 e. The zero-order valence-electron chi connectivity index (χ0n) is 10.3. The summed E-state index contributed by atoms with van der Waals surface area (Å²) in [6, 6.07) is -0.775. The van der Waals surface area contributed by atoms with Crippen molar-refractivity contribution in [3.05, 3.63) is 0 Å². The van der Waals surface area contributed by atoms with Crippen molar-refractivity contribution in [2.24, 2.45) is 17.6 Å². The third-order valence-electron chi connectivity index (χ3n) is 3.57. The molecule has 0 aromatic heterocycles. The number of amides is 1. The second-order valence-corrected chi connectivity index (χ2v) is 4.69. The van der Waals surface area contributed by atoms with E-state index in [2.05, 4.69) is 5.32 Å². The summed E-state index contributed by atoms with van der Waals surface area (Å²) < 4.78 is 0. The van der Waals surface area contributed by atoms with Crippen LogP contribution in [-0.4, -0.2) is 29.6 Å². The number of carboxylic acid groups (broad SMARTS) is 1. The Bertz CT molecular complexity index is 281. The van der Waals surface area contributed by atoms with Gasteiger partial charge in [0.2, 0.25) is 5.91 Å². The number of nitrogens with one attached hydrogen (secondary N) is 1. The number of nitrogens with two attached hydrogens (primary N) is 1. The highest BCUT2D eigenvalue weighted by molar-refractivity contribution is 5.85. The van der Waals surface area contributed by atoms with Crippen molar-refractivity contribution in [3.8, 4) is 0 Å². The first-order valence-corrected chi connectivity index (χ1v) is 6.33. The summed E-state index contributed by atoms with van der Waals surface area (Å²) in [5, 5.41) is 11.5. The number of hydrogen-bond donors (Lipinski definition) is 3. The van der Waals surface area contributed by atoms with Crippen LogP contribution in [-0.2, 0) is 9.59 Å². The molecule has 1 amide bonds. The topological polar surface area (TPSA) is 92.4 Å². The molecule has 2 unspecified atom stereocenters. The molecule has 4 N–H and O–H groups in total. The Morgan fingerprint density at radius 2 is 2.06 bits per heavy atom. The molecule has 1 aliphatic carbocycles. The van der Waals surface area contributed by atoms with E-state index in [0.29, 0.717) is 13.0 Å². The third-order valence-corrected chi connectivity index (χ3v) is 3.57. The number of carbonyl (C=O) groups excluding carboxylic acids is 1. The largest absolute Gasteiger partial charge is 0.480 e. The highest BCUT2D eigenvalue weighted by Gasteiger charge is 2.31. The van der Waals surface area contributed by atoms with Gasteiger partial charge >= 0.3 is 5.97 Å². The molecule has 5 nitrogen and oxygen atoms in total. The summed E-state index contributed by atoms with van der Waals surface area (Å²) in [4.78, 5) is 22.9. The van der Waals surface area contributed by atoms with Crippen LogP contribution in [0.1, 0.15) is 39.0 Å². The van der Waals surface area contributed by atoms with Gasteiger partial charge in [0, 0.05) is 5.92 Å². The molecule has 0 heterocycles. The molecule has 0 saturated heterocycles. The Kier molecular flexibility index (Phi) is 5.41. The molecule has 0 aliphatic heterocycles. The van der Waals surface area contributed by atoms with E-state index >= 15 is 0 Å². The normalized spacial score (nSPS) is 26.2. The van der Waals surface area contributed by atoms with E-state index in [9.17, 15) is 9.59 Å². The van der Waals surface area contributed by atoms with Crippen LogP contribution in [0.2, 0.25) is 0 Å². The van der Waals surface area contributed by atoms with Gasteiger partial charge in [-0.2, -0.15) is 0 Å². The summed E-state index contributed by atoms with van der Waals surface area (Å²) >= 11 is 0. The Labute approximate surface area is 102 Å². The predicted octanol–water partition coefficient (Wildman–Crippen LogP) is 0.731. The van der Waals surface area contributed by atoms with E-state index in [0.717, 1.165) is 25.7 Å². The van der Waals surface area contributed by atoms with Crippen LogP contribution in [0.15, 0.2) is 0 Å². The van der Waals surface area contributed by atoms with Gasteiger partial charge in [-0.1, -0.05) is 19.8 Å². The van der Waals surface area contributed by atoms with Gasteiger partial charge < -0.3 is 16.2 Å². The molecular formula is C12H22N2O3. The van der Waals surface area contributed by atoms with E-state index in [1.165, 1.54) is 0 Å². The fourth-order valence-electron chi connectivity index (χ4n) is 2.45. The minimum absolute atomic E-state index is 0.109. The number of hydrogen-bond acceptors (Lipinski definition) is 3. The maximum atomic E-state index is 12.0. The lowest BCUT2D eigenvalue weighted by atomic mass is 9.78. The third kappa shape index (κ3) is 3.70. The lowest BCUT2D eigenvalue weighted by Crippen LogP contribution is -2.46. The molecule has 98 valence electrons. The van der Waals surface area contributed by atoms with Gasteiger partial charge in [-0.15, -0.1) is 0 Å². The van der Waals surface area contributed by atoms with E-state index in [-0.39, 0.29) is 17.7 Å². The minimum Gasteiger partial charge on any atom is -0.480 e. The zero-order chi connectivity index (χ0) is 12.8. The second kappa shape index (κ2) is 6.59. The molecule has 0 aromatic rings. The number of carbonyl (C=O) groups is 2. The average molecular weight is 242 g/mol. The quantitative estimate of drug-likeness (QED) is 0.662. The van der Waals surface area contributed by atoms with Gasteiger partial charge in [0.05, 0.1) is 0 Å². The highest BCUT2D eigenvalue weighted by atomic mass is 16.4. The van der Waals surface area contributed by atoms with Crippen LogP contribution in [0.4, 0.5) is 0 Å². The van der Waals surface area contributed by atoms with Crippen LogP contribution < -0.4 is 11.1 Å². The van der Waals surface area contributed by atoms with Crippen molar-refractivity contribution in [2.45, 2.75) is 45.1 Å². The fraction of sp³-hybridized carbons (Fsp3) is 0.833. The second-order valence-electron chi connectivity index (χ2n) is 4.69. The first kappa shape index (κ1) is 14.0. The molecule has 5 heteroatoms. The molecule has 1 saturated carbocycles. The van der Waals surface area contributed by atoms with Gasteiger partial charge in [-0.25, -0.2) is 4.79 Å². The summed E-state index contributed by atoms with van der Waals surface area (Å²) in [5.41, 5.74) is 5.66. The molecule has 17 heavy (non-hydrogen) atoms. The van der Waals surface area contributed by atoms with Crippen LogP contribution in [0, 0.1) is 11.8 Å². The number of rotatable bonds is 5. The maximum absolute atomic E-state index is 12.0. The van der Waals surface area contributed by atoms with E-state index in [1.807, 2.05) is 0 Å². The summed E-state index contributed by atoms with van der Waals surface area (Å²) in [6.45, 7) is 2.25. The van der Waals surface area contributed by atoms with Crippen molar-refractivity contribution >= 4 is 11.9 Å². The number of aliphatic carboxylic acids is 1. The first-order chi connectivity index (χ1) is 8.10. The van der Waals surface area contributed by atoms with Gasteiger partial charge in [0.15, 0.2) is 0 Å². The van der Waals surface area contributed by atoms with Crippen molar-refractivity contribution in [2.75, 3.05) is 6.54 Å². The molecular weight excluding hydrogens is 220 g/mol. The molecule has 0 bridgehead atoms. The Morgan fingerprint density at radius 3 is 2.59 bits per heavy atom. The van der Waals surface area contributed by atoms with E-state index in [1.54, 1.807) is 6.92 Å². The molecule has 1 aliphatic rings. The zero-order valence-corrected chi connectivity index (χ0v) is 10.3. The Hall–Kier alpha value is -1.10. The van der Waals surface area contributed by atoms with Gasteiger partial charge in [0.25, 0.3) is 0 Å². The Balaban J connectivity index is 2.58. The first-order valence-electron chi connectivity index (χ1n) is 6.33. The van der Waals surface area contributed by atoms with Crippen LogP contribution in [0.3, 0.4) is 0 Å². The van der Waals surface area contributed by atoms with Gasteiger partial charge in [-0.05, 0) is 31.7 Å². The van der Waals surface area contributed by atoms with Crippen molar-refractivity contribution in [1.29, 1.82) is 0 Å². The van der Waals surface area contributed by atoms with Crippen molar-refractivity contribution in [3.63, 3.8) is 0 Å². The molecule has 0 aromatic carbocycles. The predicted molar refractivity (Wildman–Crippen MR) is 64.4 cm³/mol. The van der Waals surface area contributed by atoms with Crippen LogP contribution >= 0.6 is 0 Å². The molecule has 0 radical (unpaired) electrons. The molecule has 0 spiro atoms. The average Bonchev–Trinajstić information content (AvgIpc) is 2.35. The number of carboxylic acids is 1. The van der Waals surface area contributed by atoms with E-state index in [4.69, 9.17) is 10.8 Å². The molecule has 3 atom stereocenters. The SMILES string of the molecule is CC[C@@H](NC(=O)C1CCCCC1CN)C(=O)O. The van der Waals surface area contributed by atoms with Crippen LogP contribution in [0.5, 0.6) is 0 Å². The maximum Gasteiger partial charge on any atom is 0.326 e. The van der Waals surface area contributed by atoms with Gasteiger partial charge in [-0.3, -0.25) is 4.79 Å². The fourth-order valence-corrected chi connectivity index (χ4v) is 2.45. The van der Waals surface area contributed by atoms with Gasteiger partial charge in [0.1, 0.15) is 6.04 Å². The Morgan fingerprint density at radius 1 is 1.41 bits per heavy atom. The summed E-state index contributed by atoms with van der Waals surface area (Å²) in [7, 11) is 0. The van der Waals surface area contributed by atoms with Crippen molar-refractivity contribution < 1.29 is 14.7 Å². The van der Waals surface area contributed by atoms with Crippen LogP contribution in [0.25, 0.3) is 0 Å². The highest BCUT2D eigenvalue weighted by Crippen LogP contribution is 2.29. The standard InChI is InChI=1S/C12H22N2O3/c1-2-10(12(16)17)14-11(15)9-6-4-3-5-8(9)7-13/h8-10H,2-7,13H2,1H3,(H,14,15)(H,16,17)/t8?,9?,10-/m1/s1. The van der Waals surface area contributed by atoms with E-state index < -0.39 is 12.0 Å². The minimum atomic E-state index is -0.971.